The van der Waals surface area contributed by atoms with Gasteiger partial charge in [0.25, 0.3) is 0 Å². The van der Waals surface area contributed by atoms with Gasteiger partial charge < -0.3 is 24.1 Å². The summed E-state index contributed by atoms with van der Waals surface area (Å²) in [5.41, 5.74) is 1.65. The highest BCUT2D eigenvalue weighted by molar-refractivity contribution is 9.10. The zero-order valence-electron chi connectivity index (χ0n) is 21.6. The topological polar surface area (TPSA) is 124 Å². The maximum Gasteiger partial charge on any atom is 0.350 e. The summed E-state index contributed by atoms with van der Waals surface area (Å²) in [7, 11) is 3.25. The molecule has 1 saturated heterocycles. The predicted molar refractivity (Wildman–Crippen MR) is 147 cm³/mol. The molecule has 1 aliphatic rings. The minimum Gasteiger partial charge on any atom is -0.462 e. The van der Waals surface area contributed by atoms with E-state index in [0.29, 0.717) is 75.8 Å². The molecule has 0 amide bonds. The number of aryl methyl sites for hydroxylation is 1. The normalized spacial score (nSPS) is 17.7. The molecule has 4 heterocycles. The van der Waals surface area contributed by atoms with E-state index >= 15 is 0 Å². The molecule has 206 valence electrons. The van der Waals surface area contributed by atoms with Crippen molar-refractivity contribution >= 4 is 55.8 Å². The SMILES string of the molecule is CCOC(=O)c1sc(N2CC[C@@H](CC(=O)c3[nH]c(C)c(Br)c3Cl)[C@@H](OC)C2)nc1-c1ncnn1CCOC. The molecule has 0 spiro atoms. The molecule has 1 fully saturated rings. The van der Waals surface area contributed by atoms with E-state index in [-0.39, 0.29) is 24.4 Å². The molecule has 0 bridgehead atoms. The highest BCUT2D eigenvalue weighted by Crippen LogP contribution is 2.37. The molecule has 0 saturated carbocycles. The van der Waals surface area contributed by atoms with Crippen LogP contribution in [-0.2, 0) is 20.8 Å². The van der Waals surface area contributed by atoms with Crippen LogP contribution >= 0.6 is 38.9 Å². The molecule has 2 atom stereocenters. The lowest BCUT2D eigenvalue weighted by atomic mass is 9.88. The number of carbonyl (C=O) groups excluding carboxylic acids is 2. The summed E-state index contributed by atoms with van der Waals surface area (Å²) in [6.07, 6.45) is 2.22. The van der Waals surface area contributed by atoms with E-state index in [1.807, 2.05) is 6.92 Å². The largest absolute Gasteiger partial charge is 0.462 e. The fourth-order valence-electron chi connectivity index (χ4n) is 4.46. The summed E-state index contributed by atoms with van der Waals surface area (Å²) in [6.45, 7) is 5.92. The summed E-state index contributed by atoms with van der Waals surface area (Å²) in [5.74, 6) is -0.0367. The summed E-state index contributed by atoms with van der Waals surface area (Å²) < 4.78 is 18.6. The lowest BCUT2D eigenvalue weighted by Gasteiger charge is -2.37. The maximum atomic E-state index is 13.0. The van der Waals surface area contributed by atoms with Crippen molar-refractivity contribution in [3.63, 3.8) is 0 Å². The minimum atomic E-state index is -0.458. The smallest absolute Gasteiger partial charge is 0.350 e. The van der Waals surface area contributed by atoms with Crippen LogP contribution in [0.2, 0.25) is 5.02 Å². The van der Waals surface area contributed by atoms with Crippen LogP contribution in [0.3, 0.4) is 0 Å². The number of nitrogens with zero attached hydrogens (tertiary/aromatic N) is 5. The van der Waals surface area contributed by atoms with E-state index < -0.39 is 5.97 Å². The third kappa shape index (κ3) is 5.96. The standard InChI is InChI=1S/C24H30BrClN6O5S/c1-5-37-23(34)21-20(22-27-12-28-32(22)8-9-35-3)30-24(38-21)31-7-6-14(16(11-31)36-4)10-15(33)19-18(26)17(25)13(2)29-19/h12,14,16,29H,5-11H2,1-4H3/t14-,16-/m0/s1. The summed E-state index contributed by atoms with van der Waals surface area (Å²) in [6, 6.07) is 0. The van der Waals surface area contributed by atoms with Gasteiger partial charge in [0.15, 0.2) is 16.7 Å². The molecule has 38 heavy (non-hydrogen) atoms. The second-order valence-electron chi connectivity index (χ2n) is 8.84. The molecule has 3 aromatic heterocycles. The number of esters is 1. The number of methoxy groups -OCH3 is 2. The fourth-order valence-corrected chi connectivity index (χ4v) is 6.04. The average Bonchev–Trinajstić information content (AvgIpc) is 3.62. The van der Waals surface area contributed by atoms with Gasteiger partial charge in [0.05, 0.1) is 35.4 Å². The lowest BCUT2D eigenvalue weighted by Crippen LogP contribution is -2.45. The number of aromatic nitrogens is 5. The van der Waals surface area contributed by atoms with Crippen LogP contribution in [0.4, 0.5) is 5.13 Å². The zero-order valence-corrected chi connectivity index (χ0v) is 24.8. The molecule has 0 radical (unpaired) electrons. The first kappa shape index (κ1) is 28.7. The number of piperidine rings is 1. The number of Topliss-reactive ketones (excluding diaryl/α,β-unsaturated/α-hetero) is 1. The maximum absolute atomic E-state index is 13.0. The highest BCUT2D eigenvalue weighted by Gasteiger charge is 2.35. The molecule has 0 aromatic carbocycles. The third-order valence-electron chi connectivity index (χ3n) is 6.46. The van der Waals surface area contributed by atoms with E-state index in [9.17, 15) is 9.59 Å². The van der Waals surface area contributed by atoms with Crippen molar-refractivity contribution in [2.75, 3.05) is 45.4 Å². The van der Waals surface area contributed by atoms with Crippen molar-refractivity contribution < 1.29 is 23.8 Å². The summed E-state index contributed by atoms with van der Waals surface area (Å²) in [5, 5.41) is 5.31. The van der Waals surface area contributed by atoms with Gasteiger partial charge in [-0.05, 0) is 42.1 Å². The van der Waals surface area contributed by atoms with E-state index in [4.69, 9.17) is 30.8 Å². The fraction of sp³-hybridized carbons (Fsp3) is 0.542. The van der Waals surface area contributed by atoms with Crippen molar-refractivity contribution in [3.05, 3.63) is 32.1 Å². The first-order valence-electron chi connectivity index (χ1n) is 12.2. The summed E-state index contributed by atoms with van der Waals surface area (Å²) >= 11 is 11.0. The molecular formula is C24H30BrClN6O5S. The van der Waals surface area contributed by atoms with Crippen molar-refractivity contribution in [2.45, 2.75) is 39.3 Å². The molecule has 3 aromatic rings. The van der Waals surface area contributed by atoms with E-state index in [1.54, 1.807) is 25.8 Å². The van der Waals surface area contributed by atoms with Gasteiger partial charge in [-0.1, -0.05) is 22.9 Å². The Morgan fingerprint density at radius 2 is 2.13 bits per heavy atom. The van der Waals surface area contributed by atoms with Gasteiger partial charge in [0, 0.05) is 39.4 Å². The molecular weight excluding hydrogens is 600 g/mol. The van der Waals surface area contributed by atoms with E-state index in [1.165, 1.54) is 17.7 Å². The second-order valence-corrected chi connectivity index (χ2v) is 11.0. The number of carbonyl (C=O) groups is 2. The third-order valence-corrected chi connectivity index (χ3v) is 9.15. The number of anilines is 1. The Balaban J connectivity index is 1.55. The van der Waals surface area contributed by atoms with Gasteiger partial charge in [-0.2, -0.15) is 5.10 Å². The Hall–Kier alpha value is -2.32. The van der Waals surface area contributed by atoms with Gasteiger partial charge in [0.1, 0.15) is 22.6 Å². The molecule has 14 heteroatoms. The Kier molecular flexibility index (Phi) is 9.58. The number of aromatic amines is 1. The summed E-state index contributed by atoms with van der Waals surface area (Å²) in [4.78, 5) is 40.5. The van der Waals surface area contributed by atoms with Crippen LogP contribution in [0.1, 0.15) is 45.6 Å². The van der Waals surface area contributed by atoms with Crippen LogP contribution in [0.15, 0.2) is 10.8 Å². The van der Waals surface area contributed by atoms with Crippen molar-refractivity contribution in [3.8, 4) is 11.5 Å². The predicted octanol–water partition coefficient (Wildman–Crippen LogP) is 4.39. The first-order chi connectivity index (χ1) is 18.3. The monoisotopic (exact) mass is 628 g/mol. The Labute approximate surface area is 238 Å². The molecule has 11 nitrogen and oxygen atoms in total. The number of nitrogens with one attached hydrogen (secondary N) is 1. The average molecular weight is 630 g/mol. The van der Waals surface area contributed by atoms with Gasteiger partial charge in [-0.25, -0.2) is 19.4 Å². The number of ketones is 1. The van der Waals surface area contributed by atoms with Crippen LogP contribution in [0, 0.1) is 12.8 Å². The van der Waals surface area contributed by atoms with Gasteiger partial charge >= 0.3 is 5.97 Å². The minimum absolute atomic E-state index is 0.00306. The molecule has 1 N–H and O–H groups in total. The first-order valence-corrected chi connectivity index (χ1v) is 14.2. The van der Waals surface area contributed by atoms with Gasteiger partial charge in [-0.15, -0.1) is 0 Å². The van der Waals surface area contributed by atoms with Crippen LogP contribution in [-0.4, -0.2) is 83.1 Å². The Morgan fingerprint density at radius 1 is 1.34 bits per heavy atom. The number of rotatable bonds is 11. The van der Waals surface area contributed by atoms with E-state index in [2.05, 4.69) is 35.9 Å². The van der Waals surface area contributed by atoms with E-state index in [0.717, 1.165) is 5.69 Å². The second kappa shape index (κ2) is 12.7. The van der Waals surface area contributed by atoms with Crippen LogP contribution in [0.25, 0.3) is 11.5 Å². The Morgan fingerprint density at radius 3 is 2.79 bits per heavy atom. The zero-order chi connectivity index (χ0) is 27.4. The number of thiazole rings is 1. The lowest BCUT2D eigenvalue weighted by molar-refractivity contribution is 0.0375. The number of hydrogen-bond donors (Lipinski definition) is 1. The Bertz CT molecular complexity index is 1290. The van der Waals surface area contributed by atoms with Crippen LogP contribution in [0.5, 0.6) is 0 Å². The van der Waals surface area contributed by atoms with Crippen molar-refractivity contribution in [2.24, 2.45) is 5.92 Å². The van der Waals surface area contributed by atoms with Crippen molar-refractivity contribution in [1.82, 2.24) is 24.7 Å². The highest BCUT2D eigenvalue weighted by atomic mass is 79.9. The molecule has 0 unspecified atom stereocenters. The van der Waals surface area contributed by atoms with Gasteiger partial charge in [-0.3, -0.25) is 4.79 Å². The van der Waals surface area contributed by atoms with Gasteiger partial charge in [0.2, 0.25) is 0 Å². The van der Waals surface area contributed by atoms with Crippen LogP contribution < -0.4 is 4.90 Å². The van der Waals surface area contributed by atoms with Crippen molar-refractivity contribution in [1.29, 1.82) is 0 Å². The molecule has 4 rings (SSSR count). The number of ether oxygens (including phenoxy) is 3. The molecule has 0 aliphatic carbocycles. The quantitative estimate of drug-likeness (QED) is 0.243. The number of H-pyrrole nitrogens is 1. The number of hydrogen-bond acceptors (Lipinski definition) is 10. The number of halogens is 2. The molecule has 1 aliphatic heterocycles.